The lowest BCUT2D eigenvalue weighted by Crippen LogP contribution is -2.42. The topological polar surface area (TPSA) is 65.7 Å². The Morgan fingerprint density at radius 2 is 2.24 bits per heavy atom. The summed E-state index contributed by atoms with van der Waals surface area (Å²) in [5, 5.41) is 12.8. The molecule has 1 aliphatic carbocycles. The lowest BCUT2D eigenvalue weighted by Gasteiger charge is -2.25. The van der Waals surface area contributed by atoms with Crippen LogP contribution in [0, 0.1) is 19.8 Å². The quantitative estimate of drug-likeness (QED) is 0.897. The van der Waals surface area contributed by atoms with Gasteiger partial charge in [0.1, 0.15) is 11.5 Å². The summed E-state index contributed by atoms with van der Waals surface area (Å²) in [5.74, 6) is 1.90. The Labute approximate surface area is 126 Å². The molecule has 5 heteroatoms. The van der Waals surface area contributed by atoms with E-state index in [0.717, 1.165) is 36.3 Å². The van der Waals surface area contributed by atoms with Gasteiger partial charge >= 0.3 is 6.03 Å². The van der Waals surface area contributed by atoms with Gasteiger partial charge in [-0.2, -0.15) is 0 Å². The average Bonchev–Trinajstić information content (AvgIpc) is 2.95. The standard InChI is InChI=1S/C16H26N2O3/c1-10-8-14(12(3)21-10)11(2)17-16(20)18(4)9-13-6-5-7-15(13)19/h8,11,13,15,19H,5-7,9H2,1-4H3,(H,17,20). The molecular weight excluding hydrogens is 268 g/mol. The van der Waals surface area contributed by atoms with E-state index in [1.165, 1.54) is 0 Å². The van der Waals surface area contributed by atoms with E-state index in [9.17, 15) is 9.90 Å². The summed E-state index contributed by atoms with van der Waals surface area (Å²) in [4.78, 5) is 13.9. The molecule has 5 nitrogen and oxygen atoms in total. The average molecular weight is 294 g/mol. The predicted octanol–water partition coefficient (Wildman–Crippen LogP) is 2.76. The van der Waals surface area contributed by atoms with Crippen molar-refractivity contribution in [2.75, 3.05) is 13.6 Å². The minimum atomic E-state index is -0.267. The smallest absolute Gasteiger partial charge is 0.317 e. The van der Waals surface area contributed by atoms with Gasteiger partial charge in [-0.3, -0.25) is 0 Å². The molecule has 0 aliphatic heterocycles. The van der Waals surface area contributed by atoms with Gasteiger partial charge in [0.05, 0.1) is 12.1 Å². The summed E-state index contributed by atoms with van der Waals surface area (Å²) in [7, 11) is 1.78. The van der Waals surface area contributed by atoms with Crippen molar-refractivity contribution in [1.29, 1.82) is 0 Å². The van der Waals surface area contributed by atoms with Crippen LogP contribution >= 0.6 is 0 Å². The second kappa shape index (κ2) is 6.52. The number of urea groups is 1. The molecule has 2 rings (SSSR count). The second-order valence-corrected chi connectivity index (χ2v) is 6.18. The SMILES string of the molecule is Cc1cc(C(C)NC(=O)N(C)CC2CCCC2O)c(C)o1. The van der Waals surface area contributed by atoms with Gasteiger partial charge in [-0.25, -0.2) is 4.79 Å². The minimum absolute atomic E-state index is 0.0918. The maximum Gasteiger partial charge on any atom is 0.317 e. The summed E-state index contributed by atoms with van der Waals surface area (Å²) in [6.07, 6.45) is 2.63. The zero-order chi connectivity index (χ0) is 15.6. The fraction of sp³-hybridized carbons (Fsp3) is 0.688. The number of rotatable bonds is 4. The highest BCUT2D eigenvalue weighted by molar-refractivity contribution is 5.74. The van der Waals surface area contributed by atoms with Crippen molar-refractivity contribution < 1.29 is 14.3 Å². The number of nitrogens with zero attached hydrogens (tertiary/aromatic N) is 1. The normalized spacial score (nSPS) is 23.1. The molecule has 1 heterocycles. The van der Waals surface area contributed by atoms with Crippen LogP contribution < -0.4 is 5.32 Å². The van der Waals surface area contributed by atoms with Crippen molar-refractivity contribution >= 4 is 6.03 Å². The van der Waals surface area contributed by atoms with Gasteiger partial charge in [-0.1, -0.05) is 6.42 Å². The zero-order valence-electron chi connectivity index (χ0n) is 13.3. The highest BCUT2D eigenvalue weighted by Gasteiger charge is 2.28. The maximum absolute atomic E-state index is 12.2. The third kappa shape index (κ3) is 3.79. The number of amides is 2. The number of aliphatic hydroxyl groups excluding tert-OH is 1. The third-order valence-corrected chi connectivity index (χ3v) is 4.36. The van der Waals surface area contributed by atoms with Crippen molar-refractivity contribution in [2.45, 2.75) is 52.2 Å². The highest BCUT2D eigenvalue weighted by Crippen LogP contribution is 2.26. The van der Waals surface area contributed by atoms with Crippen LogP contribution in [-0.4, -0.2) is 35.7 Å². The summed E-state index contributed by atoms with van der Waals surface area (Å²) >= 11 is 0. The van der Waals surface area contributed by atoms with Crippen LogP contribution in [0.2, 0.25) is 0 Å². The lowest BCUT2D eigenvalue weighted by atomic mass is 10.1. The maximum atomic E-state index is 12.2. The number of aryl methyl sites for hydroxylation is 2. The molecule has 0 bridgehead atoms. The molecular formula is C16H26N2O3. The van der Waals surface area contributed by atoms with Crippen LogP contribution in [0.3, 0.4) is 0 Å². The molecule has 0 aromatic carbocycles. The van der Waals surface area contributed by atoms with E-state index in [4.69, 9.17) is 4.42 Å². The summed E-state index contributed by atoms with van der Waals surface area (Å²) in [5.41, 5.74) is 1.01. The molecule has 2 amide bonds. The number of hydrogen-bond donors (Lipinski definition) is 2. The van der Waals surface area contributed by atoms with Gasteiger partial charge in [-0.05, 0) is 39.7 Å². The monoisotopic (exact) mass is 294 g/mol. The van der Waals surface area contributed by atoms with E-state index in [0.29, 0.717) is 6.54 Å². The van der Waals surface area contributed by atoms with E-state index in [1.807, 2.05) is 26.8 Å². The fourth-order valence-electron chi connectivity index (χ4n) is 3.12. The first-order valence-electron chi connectivity index (χ1n) is 7.65. The van der Waals surface area contributed by atoms with Gasteiger partial charge in [0.2, 0.25) is 0 Å². The summed E-state index contributed by atoms with van der Waals surface area (Å²) in [6.45, 7) is 6.36. The van der Waals surface area contributed by atoms with Gasteiger partial charge < -0.3 is 19.7 Å². The van der Waals surface area contributed by atoms with Gasteiger partial charge in [0.15, 0.2) is 0 Å². The number of furan rings is 1. The van der Waals surface area contributed by atoms with Gasteiger partial charge in [0, 0.05) is 25.1 Å². The van der Waals surface area contributed by atoms with E-state index in [1.54, 1.807) is 11.9 Å². The Kier molecular flexibility index (Phi) is 4.93. The van der Waals surface area contributed by atoms with Crippen molar-refractivity contribution in [3.63, 3.8) is 0 Å². The van der Waals surface area contributed by atoms with E-state index >= 15 is 0 Å². The Bertz CT molecular complexity index is 498. The zero-order valence-corrected chi connectivity index (χ0v) is 13.3. The van der Waals surface area contributed by atoms with Crippen LogP contribution in [0.15, 0.2) is 10.5 Å². The fourth-order valence-corrected chi connectivity index (χ4v) is 3.12. The summed E-state index contributed by atoms with van der Waals surface area (Å²) in [6, 6.07) is 1.76. The number of hydrogen-bond acceptors (Lipinski definition) is 3. The molecule has 0 saturated heterocycles. The Morgan fingerprint density at radius 3 is 2.76 bits per heavy atom. The van der Waals surface area contributed by atoms with Crippen LogP contribution in [0.1, 0.15) is 49.3 Å². The van der Waals surface area contributed by atoms with E-state index in [2.05, 4.69) is 5.32 Å². The molecule has 0 radical (unpaired) electrons. The Balaban J connectivity index is 1.89. The van der Waals surface area contributed by atoms with Crippen LogP contribution in [0.4, 0.5) is 4.79 Å². The first-order valence-corrected chi connectivity index (χ1v) is 7.65. The third-order valence-electron chi connectivity index (χ3n) is 4.36. The van der Waals surface area contributed by atoms with Crippen molar-refractivity contribution in [3.8, 4) is 0 Å². The molecule has 2 N–H and O–H groups in total. The number of aliphatic hydroxyl groups is 1. The van der Waals surface area contributed by atoms with Gasteiger partial charge in [0.25, 0.3) is 0 Å². The summed E-state index contributed by atoms with van der Waals surface area (Å²) < 4.78 is 5.50. The molecule has 21 heavy (non-hydrogen) atoms. The number of carbonyl (C=O) groups excluding carboxylic acids is 1. The van der Waals surface area contributed by atoms with Crippen molar-refractivity contribution in [1.82, 2.24) is 10.2 Å². The predicted molar refractivity (Wildman–Crippen MR) is 81.1 cm³/mol. The van der Waals surface area contributed by atoms with Crippen molar-refractivity contribution in [2.24, 2.45) is 5.92 Å². The highest BCUT2D eigenvalue weighted by atomic mass is 16.3. The van der Waals surface area contributed by atoms with Crippen LogP contribution in [0.5, 0.6) is 0 Å². The van der Waals surface area contributed by atoms with Gasteiger partial charge in [-0.15, -0.1) is 0 Å². The molecule has 1 aliphatic rings. The van der Waals surface area contributed by atoms with E-state index < -0.39 is 0 Å². The Morgan fingerprint density at radius 1 is 1.52 bits per heavy atom. The first kappa shape index (κ1) is 15.9. The molecule has 1 aromatic rings. The first-order chi connectivity index (χ1) is 9.88. The Hall–Kier alpha value is -1.49. The van der Waals surface area contributed by atoms with Crippen molar-refractivity contribution in [3.05, 3.63) is 23.2 Å². The largest absolute Gasteiger partial charge is 0.466 e. The molecule has 3 atom stereocenters. The molecule has 1 aromatic heterocycles. The molecule has 1 saturated carbocycles. The van der Waals surface area contributed by atoms with E-state index in [-0.39, 0.29) is 24.1 Å². The second-order valence-electron chi connectivity index (χ2n) is 6.18. The number of carbonyl (C=O) groups is 1. The lowest BCUT2D eigenvalue weighted by molar-refractivity contribution is 0.113. The minimum Gasteiger partial charge on any atom is -0.466 e. The molecule has 1 fully saturated rings. The molecule has 0 spiro atoms. The molecule has 3 unspecified atom stereocenters. The number of nitrogens with one attached hydrogen (secondary N) is 1. The van der Waals surface area contributed by atoms with Crippen LogP contribution in [0.25, 0.3) is 0 Å². The molecule has 118 valence electrons. The van der Waals surface area contributed by atoms with Crippen LogP contribution in [-0.2, 0) is 0 Å².